The average molecular weight is 312 g/mol. The van der Waals surface area contributed by atoms with Gasteiger partial charge >= 0.3 is 5.97 Å². The lowest BCUT2D eigenvalue weighted by Crippen LogP contribution is -2.50. The number of aryl methyl sites for hydroxylation is 1. The predicted molar refractivity (Wildman–Crippen MR) is 74.4 cm³/mol. The number of rotatable bonds is 4. The molecule has 1 aromatic rings. The van der Waals surface area contributed by atoms with Crippen molar-refractivity contribution in [1.82, 2.24) is 4.90 Å². The molecule has 0 bridgehead atoms. The van der Waals surface area contributed by atoms with Gasteiger partial charge in [0.25, 0.3) is 0 Å². The lowest BCUT2D eigenvalue weighted by Gasteiger charge is -2.41. The number of likely N-dealkylation sites (tertiary alicyclic amines) is 1. The molecule has 1 heterocycles. The molecule has 0 amide bonds. The first-order chi connectivity index (χ1) is 8.47. The molecule has 0 spiro atoms. The quantitative estimate of drug-likeness (QED) is 0.929. The van der Waals surface area contributed by atoms with E-state index in [9.17, 15) is 4.79 Å². The van der Waals surface area contributed by atoms with Crippen LogP contribution in [0.5, 0.6) is 0 Å². The Hall–Kier alpha value is -0.870. The van der Waals surface area contributed by atoms with Crippen LogP contribution in [0.1, 0.15) is 18.1 Å². The van der Waals surface area contributed by atoms with Gasteiger partial charge in [-0.15, -0.1) is 0 Å². The van der Waals surface area contributed by atoms with Crippen LogP contribution in [0.15, 0.2) is 22.7 Å². The monoisotopic (exact) mass is 311 g/mol. The summed E-state index contributed by atoms with van der Waals surface area (Å²) >= 11 is 3.49. The van der Waals surface area contributed by atoms with Crippen molar-refractivity contribution in [2.24, 2.45) is 11.8 Å². The fourth-order valence-electron chi connectivity index (χ4n) is 2.32. The Bertz CT molecular complexity index is 455. The van der Waals surface area contributed by atoms with Gasteiger partial charge in [-0.2, -0.15) is 0 Å². The first-order valence-electron chi connectivity index (χ1n) is 6.17. The summed E-state index contributed by atoms with van der Waals surface area (Å²) in [6.45, 7) is 6.58. The van der Waals surface area contributed by atoms with Gasteiger partial charge in [-0.05, 0) is 30.0 Å². The van der Waals surface area contributed by atoms with Crippen LogP contribution in [-0.2, 0) is 11.3 Å². The minimum atomic E-state index is -0.681. The second-order valence-corrected chi connectivity index (χ2v) is 6.02. The Balaban J connectivity index is 1.86. The van der Waals surface area contributed by atoms with E-state index in [2.05, 4.69) is 46.0 Å². The maximum absolute atomic E-state index is 10.9. The van der Waals surface area contributed by atoms with Crippen LogP contribution in [0.25, 0.3) is 0 Å². The standard InChI is InChI=1S/C14H18BrNO2/c1-9-5-11(3-4-13(9)15)6-16-7-12(8-16)10(2)14(17)18/h3-5,10,12H,6-8H2,1-2H3,(H,17,18). The summed E-state index contributed by atoms with van der Waals surface area (Å²) in [5.74, 6) is -0.605. The normalized spacial score (nSPS) is 18.4. The maximum atomic E-state index is 10.9. The van der Waals surface area contributed by atoms with Gasteiger partial charge in [0, 0.05) is 24.1 Å². The van der Waals surface area contributed by atoms with Gasteiger partial charge in [-0.25, -0.2) is 0 Å². The minimum absolute atomic E-state index is 0.229. The van der Waals surface area contributed by atoms with E-state index in [-0.39, 0.29) is 5.92 Å². The zero-order chi connectivity index (χ0) is 13.3. The number of hydrogen-bond acceptors (Lipinski definition) is 2. The summed E-state index contributed by atoms with van der Waals surface area (Å²) in [6, 6.07) is 6.37. The van der Waals surface area contributed by atoms with Crippen molar-refractivity contribution in [3.63, 3.8) is 0 Å². The van der Waals surface area contributed by atoms with Gasteiger partial charge in [0.05, 0.1) is 5.92 Å². The molecule has 0 aliphatic carbocycles. The number of carboxylic acids is 1. The summed E-state index contributed by atoms with van der Waals surface area (Å²) in [7, 11) is 0. The van der Waals surface area contributed by atoms with E-state index in [1.165, 1.54) is 11.1 Å². The second kappa shape index (κ2) is 5.41. The highest BCUT2D eigenvalue weighted by atomic mass is 79.9. The summed E-state index contributed by atoms with van der Waals surface area (Å²) in [5, 5.41) is 8.94. The molecule has 1 N–H and O–H groups in total. The van der Waals surface area contributed by atoms with Crippen LogP contribution in [0, 0.1) is 18.8 Å². The number of halogens is 1. The molecule has 1 atom stereocenters. The van der Waals surface area contributed by atoms with Gasteiger partial charge in [0.1, 0.15) is 0 Å². The molecule has 3 nitrogen and oxygen atoms in total. The van der Waals surface area contributed by atoms with Crippen molar-refractivity contribution in [2.45, 2.75) is 20.4 Å². The molecule has 0 radical (unpaired) electrons. The molecule has 0 aromatic heterocycles. The molecule has 1 unspecified atom stereocenters. The van der Waals surface area contributed by atoms with Crippen molar-refractivity contribution < 1.29 is 9.90 Å². The number of aliphatic carboxylic acids is 1. The summed E-state index contributed by atoms with van der Waals surface area (Å²) < 4.78 is 1.13. The lowest BCUT2D eigenvalue weighted by atomic mass is 9.87. The van der Waals surface area contributed by atoms with Crippen LogP contribution in [0.4, 0.5) is 0 Å². The van der Waals surface area contributed by atoms with E-state index in [4.69, 9.17) is 5.11 Å². The largest absolute Gasteiger partial charge is 0.481 e. The molecule has 1 aromatic carbocycles. The van der Waals surface area contributed by atoms with Crippen LogP contribution < -0.4 is 0 Å². The number of carbonyl (C=O) groups is 1. The highest BCUT2D eigenvalue weighted by Gasteiger charge is 2.34. The Labute approximate surface area is 116 Å². The van der Waals surface area contributed by atoms with Crippen LogP contribution in [0.2, 0.25) is 0 Å². The van der Waals surface area contributed by atoms with E-state index in [1.807, 2.05) is 0 Å². The molecule has 18 heavy (non-hydrogen) atoms. The molecule has 1 aliphatic heterocycles. The third-order valence-corrected chi connectivity index (χ3v) is 4.60. The third-order valence-electron chi connectivity index (χ3n) is 3.71. The topological polar surface area (TPSA) is 40.5 Å². The predicted octanol–water partition coefficient (Wildman–Crippen LogP) is 2.91. The van der Waals surface area contributed by atoms with Crippen molar-refractivity contribution in [3.05, 3.63) is 33.8 Å². The molecule has 1 fully saturated rings. The van der Waals surface area contributed by atoms with Gasteiger partial charge in [-0.3, -0.25) is 9.69 Å². The van der Waals surface area contributed by atoms with Crippen molar-refractivity contribution >= 4 is 21.9 Å². The fraction of sp³-hybridized carbons (Fsp3) is 0.500. The first-order valence-corrected chi connectivity index (χ1v) is 6.97. The highest BCUT2D eigenvalue weighted by molar-refractivity contribution is 9.10. The number of nitrogens with zero attached hydrogens (tertiary/aromatic N) is 1. The molecule has 0 saturated carbocycles. The van der Waals surface area contributed by atoms with E-state index >= 15 is 0 Å². The van der Waals surface area contributed by atoms with E-state index in [0.717, 1.165) is 24.1 Å². The van der Waals surface area contributed by atoms with Crippen molar-refractivity contribution in [2.75, 3.05) is 13.1 Å². The van der Waals surface area contributed by atoms with Gasteiger partial charge in [-0.1, -0.05) is 35.0 Å². The van der Waals surface area contributed by atoms with Gasteiger partial charge in [0.15, 0.2) is 0 Å². The first kappa shape index (κ1) is 13.6. The third kappa shape index (κ3) is 2.93. The van der Waals surface area contributed by atoms with Crippen LogP contribution in [-0.4, -0.2) is 29.1 Å². The molecular formula is C14H18BrNO2. The number of carboxylic acid groups (broad SMARTS) is 1. The second-order valence-electron chi connectivity index (χ2n) is 5.16. The van der Waals surface area contributed by atoms with E-state index in [1.54, 1.807) is 6.92 Å². The Morgan fingerprint density at radius 1 is 1.56 bits per heavy atom. The van der Waals surface area contributed by atoms with Crippen LogP contribution in [0.3, 0.4) is 0 Å². The Morgan fingerprint density at radius 3 is 2.78 bits per heavy atom. The Kier molecular flexibility index (Phi) is 4.07. The molecule has 2 rings (SSSR count). The number of hydrogen-bond donors (Lipinski definition) is 1. The van der Waals surface area contributed by atoms with E-state index < -0.39 is 5.97 Å². The van der Waals surface area contributed by atoms with Gasteiger partial charge < -0.3 is 5.11 Å². The maximum Gasteiger partial charge on any atom is 0.306 e. The lowest BCUT2D eigenvalue weighted by molar-refractivity contribution is -0.145. The summed E-state index contributed by atoms with van der Waals surface area (Å²) in [4.78, 5) is 13.2. The molecular weight excluding hydrogens is 294 g/mol. The summed E-state index contributed by atoms with van der Waals surface area (Å²) in [6.07, 6.45) is 0. The zero-order valence-corrected chi connectivity index (χ0v) is 12.3. The Morgan fingerprint density at radius 2 is 2.22 bits per heavy atom. The zero-order valence-electron chi connectivity index (χ0n) is 10.7. The SMILES string of the molecule is Cc1cc(CN2CC(C(C)C(=O)O)C2)ccc1Br. The fourth-order valence-corrected chi connectivity index (χ4v) is 2.57. The molecule has 98 valence electrons. The van der Waals surface area contributed by atoms with Gasteiger partial charge in [0.2, 0.25) is 0 Å². The molecule has 1 saturated heterocycles. The summed E-state index contributed by atoms with van der Waals surface area (Å²) in [5.41, 5.74) is 2.53. The number of benzene rings is 1. The highest BCUT2D eigenvalue weighted by Crippen LogP contribution is 2.26. The smallest absolute Gasteiger partial charge is 0.306 e. The van der Waals surface area contributed by atoms with E-state index in [0.29, 0.717) is 5.92 Å². The minimum Gasteiger partial charge on any atom is -0.481 e. The average Bonchev–Trinajstić information content (AvgIpc) is 2.26. The molecule has 1 aliphatic rings. The van der Waals surface area contributed by atoms with Crippen LogP contribution >= 0.6 is 15.9 Å². The molecule has 4 heteroatoms. The van der Waals surface area contributed by atoms with Crippen molar-refractivity contribution in [3.8, 4) is 0 Å². The van der Waals surface area contributed by atoms with Crippen molar-refractivity contribution in [1.29, 1.82) is 0 Å².